The molecule has 0 saturated carbocycles. The number of halogens is 1. The van der Waals surface area contributed by atoms with Gasteiger partial charge in [-0.05, 0) is 57.4 Å². The molecule has 1 amide bonds. The van der Waals surface area contributed by atoms with Gasteiger partial charge < -0.3 is 15.4 Å². The van der Waals surface area contributed by atoms with Crippen LogP contribution in [0.3, 0.4) is 0 Å². The molecule has 130 valence electrons. The summed E-state index contributed by atoms with van der Waals surface area (Å²) >= 11 is 1.58. The van der Waals surface area contributed by atoms with Crippen LogP contribution in [-0.4, -0.2) is 41.8 Å². The number of likely N-dealkylation sites (tertiary alicyclic amines) is 1. The number of nitrogens with two attached hydrogens (primary N) is 1. The van der Waals surface area contributed by atoms with Crippen LogP contribution in [0.15, 0.2) is 29.2 Å². The molecule has 0 bridgehead atoms. The maximum Gasteiger partial charge on any atom is 0.233 e. The maximum absolute atomic E-state index is 12.5. The average Bonchev–Trinajstić information content (AvgIpc) is 2.54. The zero-order chi connectivity index (χ0) is 15.9. The van der Waals surface area contributed by atoms with E-state index < -0.39 is 0 Å². The minimum absolute atomic E-state index is 0. The predicted octanol–water partition coefficient (Wildman–Crippen LogP) is 3.33. The Hall–Kier alpha value is -0.910. The molecule has 2 rings (SSSR count). The van der Waals surface area contributed by atoms with Crippen LogP contribution in [0.25, 0.3) is 0 Å². The SMILES string of the molecule is CCOc1ccc(SCC(=O)N2CCCCC2C(C)N)cc1.Cl. The van der Waals surface area contributed by atoms with E-state index in [0.29, 0.717) is 12.4 Å². The van der Waals surface area contributed by atoms with Gasteiger partial charge in [0.25, 0.3) is 0 Å². The molecule has 4 nitrogen and oxygen atoms in total. The number of carbonyl (C=O) groups excluding carboxylic acids is 1. The summed E-state index contributed by atoms with van der Waals surface area (Å²) in [4.78, 5) is 15.6. The van der Waals surface area contributed by atoms with Gasteiger partial charge in [-0.2, -0.15) is 0 Å². The van der Waals surface area contributed by atoms with Crippen molar-refractivity contribution in [3.63, 3.8) is 0 Å². The third kappa shape index (κ3) is 5.90. The molecule has 1 aliphatic heterocycles. The van der Waals surface area contributed by atoms with Crippen molar-refractivity contribution in [2.24, 2.45) is 5.73 Å². The van der Waals surface area contributed by atoms with Crippen molar-refractivity contribution in [2.45, 2.75) is 50.1 Å². The lowest BCUT2D eigenvalue weighted by atomic mass is 9.97. The van der Waals surface area contributed by atoms with Gasteiger partial charge in [-0.1, -0.05) is 0 Å². The number of piperidine rings is 1. The number of hydrogen-bond acceptors (Lipinski definition) is 4. The number of rotatable bonds is 6. The minimum Gasteiger partial charge on any atom is -0.494 e. The zero-order valence-corrected chi connectivity index (χ0v) is 15.5. The lowest BCUT2D eigenvalue weighted by Gasteiger charge is -2.38. The monoisotopic (exact) mass is 358 g/mol. The number of amides is 1. The lowest BCUT2D eigenvalue weighted by molar-refractivity contribution is -0.132. The van der Waals surface area contributed by atoms with Gasteiger partial charge in [0.1, 0.15) is 5.75 Å². The average molecular weight is 359 g/mol. The van der Waals surface area contributed by atoms with Gasteiger partial charge in [0.15, 0.2) is 0 Å². The quantitative estimate of drug-likeness (QED) is 0.792. The highest BCUT2D eigenvalue weighted by Gasteiger charge is 2.28. The van der Waals surface area contributed by atoms with Crippen LogP contribution in [0, 0.1) is 0 Å². The second-order valence-corrected chi connectivity index (χ2v) is 6.75. The number of thioether (sulfide) groups is 1. The van der Waals surface area contributed by atoms with Crippen molar-refractivity contribution in [2.75, 3.05) is 18.9 Å². The highest BCUT2D eigenvalue weighted by atomic mass is 35.5. The zero-order valence-electron chi connectivity index (χ0n) is 13.9. The molecule has 0 radical (unpaired) electrons. The fourth-order valence-electron chi connectivity index (χ4n) is 2.84. The molecule has 0 aromatic heterocycles. The van der Waals surface area contributed by atoms with Crippen molar-refractivity contribution in [1.82, 2.24) is 4.90 Å². The summed E-state index contributed by atoms with van der Waals surface area (Å²) in [5.74, 6) is 1.53. The fraction of sp³-hybridized carbons (Fsp3) is 0.588. The maximum atomic E-state index is 12.5. The third-order valence-corrected chi connectivity index (χ3v) is 4.97. The summed E-state index contributed by atoms with van der Waals surface area (Å²) in [6.45, 7) is 5.47. The first-order valence-corrected chi connectivity index (χ1v) is 9.01. The summed E-state index contributed by atoms with van der Waals surface area (Å²) in [5, 5.41) is 0. The van der Waals surface area contributed by atoms with Crippen LogP contribution in [0.2, 0.25) is 0 Å². The molecule has 2 unspecified atom stereocenters. The van der Waals surface area contributed by atoms with Gasteiger partial charge in [0.2, 0.25) is 5.91 Å². The van der Waals surface area contributed by atoms with Gasteiger partial charge in [0, 0.05) is 23.5 Å². The summed E-state index contributed by atoms with van der Waals surface area (Å²) in [6, 6.07) is 8.13. The Morgan fingerprint density at radius 1 is 1.39 bits per heavy atom. The Labute approximate surface area is 149 Å². The van der Waals surface area contributed by atoms with Crippen molar-refractivity contribution in [3.8, 4) is 5.75 Å². The molecule has 1 fully saturated rings. The molecule has 2 N–H and O–H groups in total. The van der Waals surface area contributed by atoms with Crippen LogP contribution in [0.4, 0.5) is 0 Å². The van der Waals surface area contributed by atoms with Crippen LogP contribution in [-0.2, 0) is 4.79 Å². The van der Waals surface area contributed by atoms with E-state index >= 15 is 0 Å². The Morgan fingerprint density at radius 2 is 2.09 bits per heavy atom. The second kappa shape index (κ2) is 10.1. The lowest BCUT2D eigenvalue weighted by Crippen LogP contribution is -2.52. The van der Waals surface area contributed by atoms with Gasteiger partial charge in [-0.15, -0.1) is 24.2 Å². The number of benzene rings is 1. The van der Waals surface area contributed by atoms with Gasteiger partial charge in [0.05, 0.1) is 12.4 Å². The molecule has 1 heterocycles. The van der Waals surface area contributed by atoms with E-state index in [0.717, 1.165) is 30.0 Å². The molecule has 0 spiro atoms. The fourth-order valence-corrected chi connectivity index (χ4v) is 3.62. The summed E-state index contributed by atoms with van der Waals surface area (Å²) in [5.41, 5.74) is 6.03. The van der Waals surface area contributed by atoms with Crippen LogP contribution < -0.4 is 10.5 Å². The molecule has 0 aliphatic carbocycles. The molecule has 1 aromatic carbocycles. The van der Waals surface area contributed by atoms with Crippen LogP contribution in [0.5, 0.6) is 5.75 Å². The second-order valence-electron chi connectivity index (χ2n) is 5.70. The summed E-state index contributed by atoms with van der Waals surface area (Å²) in [7, 11) is 0. The number of carbonyl (C=O) groups is 1. The third-order valence-electron chi connectivity index (χ3n) is 3.97. The molecule has 6 heteroatoms. The van der Waals surface area contributed by atoms with Crippen molar-refractivity contribution in [3.05, 3.63) is 24.3 Å². The molecule has 2 atom stereocenters. The molecule has 1 aromatic rings. The highest BCUT2D eigenvalue weighted by Crippen LogP contribution is 2.24. The first-order valence-electron chi connectivity index (χ1n) is 8.02. The van der Waals surface area contributed by atoms with E-state index in [4.69, 9.17) is 10.5 Å². The smallest absolute Gasteiger partial charge is 0.233 e. The molecular weight excluding hydrogens is 332 g/mol. The Bertz CT molecular complexity index is 482. The minimum atomic E-state index is 0. The first-order chi connectivity index (χ1) is 10.6. The Morgan fingerprint density at radius 3 is 2.70 bits per heavy atom. The van der Waals surface area contributed by atoms with Crippen molar-refractivity contribution >= 4 is 30.1 Å². The Balaban J connectivity index is 0.00000264. The molecule has 1 saturated heterocycles. The largest absolute Gasteiger partial charge is 0.494 e. The number of nitrogens with zero attached hydrogens (tertiary/aromatic N) is 1. The standard InChI is InChI=1S/C17H26N2O2S.ClH/c1-3-21-14-7-9-15(10-8-14)22-12-17(20)19-11-5-4-6-16(19)13(2)18;/h7-10,13,16H,3-6,11-12,18H2,1-2H3;1H. The number of ether oxygens (including phenoxy) is 1. The van der Waals surface area contributed by atoms with E-state index in [-0.39, 0.29) is 30.4 Å². The van der Waals surface area contributed by atoms with Crippen molar-refractivity contribution < 1.29 is 9.53 Å². The molecule has 23 heavy (non-hydrogen) atoms. The van der Waals surface area contributed by atoms with E-state index in [1.807, 2.05) is 43.0 Å². The van der Waals surface area contributed by atoms with Gasteiger partial charge in [-0.3, -0.25) is 4.79 Å². The van der Waals surface area contributed by atoms with E-state index in [9.17, 15) is 4.79 Å². The van der Waals surface area contributed by atoms with Crippen LogP contribution in [0.1, 0.15) is 33.1 Å². The van der Waals surface area contributed by atoms with Gasteiger partial charge >= 0.3 is 0 Å². The first kappa shape index (κ1) is 20.1. The molecule has 1 aliphatic rings. The van der Waals surface area contributed by atoms with E-state index in [2.05, 4.69) is 0 Å². The highest BCUT2D eigenvalue weighted by molar-refractivity contribution is 8.00. The van der Waals surface area contributed by atoms with E-state index in [1.165, 1.54) is 6.42 Å². The van der Waals surface area contributed by atoms with Gasteiger partial charge in [-0.25, -0.2) is 0 Å². The van der Waals surface area contributed by atoms with E-state index in [1.54, 1.807) is 11.8 Å². The predicted molar refractivity (Wildman–Crippen MR) is 98.6 cm³/mol. The summed E-state index contributed by atoms with van der Waals surface area (Å²) in [6.07, 6.45) is 3.28. The molecular formula is C17H27ClN2O2S. The Kier molecular flexibility index (Phi) is 8.81. The summed E-state index contributed by atoms with van der Waals surface area (Å²) < 4.78 is 5.42. The number of hydrogen-bond donors (Lipinski definition) is 1. The normalized spacial score (nSPS) is 18.9. The van der Waals surface area contributed by atoms with Crippen LogP contribution >= 0.6 is 24.2 Å². The topological polar surface area (TPSA) is 55.6 Å². The van der Waals surface area contributed by atoms with Crippen molar-refractivity contribution in [1.29, 1.82) is 0 Å².